The van der Waals surface area contributed by atoms with E-state index in [1.54, 1.807) is 19.9 Å². The van der Waals surface area contributed by atoms with Gasteiger partial charge < -0.3 is 10.4 Å². The lowest BCUT2D eigenvalue weighted by Gasteiger charge is -2.16. The van der Waals surface area contributed by atoms with Crippen LogP contribution >= 0.6 is 0 Å². The third-order valence-corrected chi connectivity index (χ3v) is 3.26. The first-order valence-electron chi connectivity index (χ1n) is 7.12. The second-order valence-electron chi connectivity index (χ2n) is 5.72. The molecule has 0 saturated heterocycles. The van der Waals surface area contributed by atoms with E-state index in [9.17, 15) is 9.59 Å². The van der Waals surface area contributed by atoms with Crippen LogP contribution in [0.15, 0.2) is 30.3 Å². The van der Waals surface area contributed by atoms with Gasteiger partial charge in [0, 0.05) is 6.08 Å². The smallest absolute Gasteiger partial charge is 0.326 e. The summed E-state index contributed by atoms with van der Waals surface area (Å²) < 4.78 is 0. The van der Waals surface area contributed by atoms with Crippen LogP contribution in [0.25, 0.3) is 6.08 Å². The predicted molar refractivity (Wildman–Crippen MR) is 84.0 cm³/mol. The molecule has 0 aliphatic rings. The molecule has 0 radical (unpaired) electrons. The highest BCUT2D eigenvalue weighted by molar-refractivity contribution is 5.94. The zero-order valence-corrected chi connectivity index (χ0v) is 13.0. The van der Waals surface area contributed by atoms with Crippen molar-refractivity contribution in [3.05, 3.63) is 41.5 Å². The summed E-state index contributed by atoms with van der Waals surface area (Å²) in [5.41, 5.74) is 2.15. The van der Waals surface area contributed by atoms with Gasteiger partial charge in [0.25, 0.3) is 0 Å². The summed E-state index contributed by atoms with van der Waals surface area (Å²) in [6, 6.07) is 7.06. The fraction of sp³-hybridized carbons (Fsp3) is 0.412. The van der Waals surface area contributed by atoms with E-state index in [-0.39, 0.29) is 5.92 Å². The summed E-state index contributed by atoms with van der Waals surface area (Å²) in [6.45, 7) is 7.76. The first-order chi connectivity index (χ1) is 9.81. The van der Waals surface area contributed by atoms with Crippen molar-refractivity contribution in [2.45, 2.75) is 39.7 Å². The molecule has 0 aromatic heterocycles. The van der Waals surface area contributed by atoms with Crippen molar-refractivity contribution in [2.24, 2.45) is 5.92 Å². The van der Waals surface area contributed by atoms with Crippen LogP contribution in [0.1, 0.15) is 44.7 Å². The van der Waals surface area contributed by atoms with Crippen molar-refractivity contribution in [1.82, 2.24) is 5.32 Å². The molecule has 2 N–H and O–H groups in total. The number of amides is 1. The minimum absolute atomic E-state index is 0.162. The molecule has 1 amide bonds. The van der Waals surface area contributed by atoms with Crippen molar-refractivity contribution in [3.63, 3.8) is 0 Å². The molecule has 114 valence electrons. The van der Waals surface area contributed by atoms with Gasteiger partial charge in [-0.1, -0.05) is 52.0 Å². The van der Waals surface area contributed by atoms with Crippen LogP contribution in [0.4, 0.5) is 0 Å². The SMILES string of the molecule is CC(C)c1ccc(C=CC(=O)N[C@@H](C(=O)O)C(C)C)cc1. The molecule has 0 spiro atoms. The summed E-state index contributed by atoms with van der Waals surface area (Å²) in [5, 5.41) is 11.5. The summed E-state index contributed by atoms with van der Waals surface area (Å²) in [6.07, 6.45) is 3.04. The lowest BCUT2D eigenvalue weighted by atomic mass is 10.0. The van der Waals surface area contributed by atoms with Gasteiger partial charge in [-0.25, -0.2) is 4.79 Å². The van der Waals surface area contributed by atoms with Crippen molar-refractivity contribution < 1.29 is 14.7 Å². The summed E-state index contributed by atoms with van der Waals surface area (Å²) in [5.74, 6) is -1.11. The number of carboxylic acids is 1. The zero-order chi connectivity index (χ0) is 16.0. The van der Waals surface area contributed by atoms with Crippen molar-refractivity contribution in [1.29, 1.82) is 0 Å². The van der Waals surface area contributed by atoms with Gasteiger partial charge in [-0.3, -0.25) is 4.79 Å². The number of nitrogens with one attached hydrogen (secondary N) is 1. The number of carbonyl (C=O) groups excluding carboxylic acids is 1. The Morgan fingerprint density at radius 2 is 1.67 bits per heavy atom. The average molecular weight is 289 g/mol. The highest BCUT2D eigenvalue weighted by Gasteiger charge is 2.22. The Kier molecular flexibility index (Phi) is 6.15. The summed E-state index contributed by atoms with van der Waals surface area (Å²) >= 11 is 0. The number of carboxylic acid groups (broad SMARTS) is 1. The summed E-state index contributed by atoms with van der Waals surface area (Å²) in [7, 11) is 0. The summed E-state index contributed by atoms with van der Waals surface area (Å²) in [4.78, 5) is 22.8. The second kappa shape index (κ2) is 7.62. The molecule has 1 rings (SSSR count). The highest BCUT2D eigenvalue weighted by Crippen LogP contribution is 2.15. The van der Waals surface area contributed by atoms with E-state index in [1.807, 2.05) is 24.3 Å². The molecule has 0 aliphatic heterocycles. The number of carbonyl (C=O) groups is 2. The molecule has 0 bridgehead atoms. The van der Waals surface area contributed by atoms with E-state index in [4.69, 9.17) is 5.11 Å². The number of aliphatic carboxylic acids is 1. The van der Waals surface area contributed by atoms with E-state index >= 15 is 0 Å². The minimum atomic E-state index is -1.02. The molecule has 0 aliphatic carbocycles. The normalized spacial score (nSPS) is 12.9. The Morgan fingerprint density at radius 1 is 1.10 bits per heavy atom. The molecule has 21 heavy (non-hydrogen) atoms. The van der Waals surface area contributed by atoms with Crippen molar-refractivity contribution in [2.75, 3.05) is 0 Å². The Morgan fingerprint density at radius 3 is 2.10 bits per heavy atom. The number of rotatable bonds is 6. The van der Waals surface area contributed by atoms with Gasteiger partial charge in [0.15, 0.2) is 0 Å². The standard InChI is InChI=1S/C17H23NO3/c1-11(2)14-8-5-13(6-9-14)7-10-15(19)18-16(12(3)4)17(20)21/h5-12,16H,1-4H3,(H,18,19)(H,20,21)/t16-/m1/s1. The molecule has 4 nitrogen and oxygen atoms in total. The quantitative estimate of drug-likeness (QED) is 0.791. The highest BCUT2D eigenvalue weighted by atomic mass is 16.4. The molecule has 1 atom stereocenters. The largest absolute Gasteiger partial charge is 0.480 e. The van der Waals surface area contributed by atoms with Gasteiger partial charge >= 0.3 is 5.97 Å². The molecule has 0 fully saturated rings. The number of hydrogen-bond donors (Lipinski definition) is 2. The lowest BCUT2D eigenvalue weighted by Crippen LogP contribution is -2.43. The maximum atomic E-state index is 11.7. The van der Waals surface area contributed by atoms with Crippen LogP contribution in [-0.4, -0.2) is 23.0 Å². The lowest BCUT2D eigenvalue weighted by molar-refractivity contribution is -0.142. The fourth-order valence-corrected chi connectivity index (χ4v) is 1.88. The molecule has 0 unspecified atom stereocenters. The van der Waals surface area contributed by atoms with E-state index in [1.165, 1.54) is 11.6 Å². The van der Waals surface area contributed by atoms with E-state index in [0.29, 0.717) is 5.92 Å². The Labute approximate surface area is 125 Å². The Hall–Kier alpha value is -2.10. The molecule has 0 saturated carbocycles. The number of benzene rings is 1. The topological polar surface area (TPSA) is 66.4 Å². The molecular weight excluding hydrogens is 266 g/mol. The molecule has 4 heteroatoms. The Bertz CT molecular complexity index is 515. The van der Waals surface area contributed by atoms with Crippen LogP contribution in [0.2, 0.25) is 0 Å². The van der Waals surface area contributed by atoms with Gasteiger partial charge in [-0.05, 0) is 29.0 Å². The third kappa shape index (κ3) is 5.42. The minimum Gasteiger partial charge on any atom is -0.480 e. The van der Waals surface area contributed by atoms with E-state index in [0.717, 1.165) is 5.56 Å². The first kappa shape index (κ1) is 17.0. The van der Waals surface area contributed by atoms with Crippen LogP contribution in [0, 0.1) is 5.92 Å². The van der Waals surface area contributed by atoms with Gasteiger partial charge in [0.05, 0.1) is 0 Å². The van der Waals surface area contributed by atoms with Crippen molar-refractivity contribution >= 4 is 18.0 Å². The second-order valence-corrected chi connectivity index (χ2v) is 5.72. The zero-order valence-electron chi connectivity index (χ0n) is 13.0. The van der Waals surface area contributed by atoms with E-state index in [2.05, 4.69) is 19.2 Å². The fourth-order valence-electron chi connectivity index (χ4n) is 1.88. The number of hydrogen-bond acceptors (Lipinski definition) is 2. The van der Waals surface area contributed by atoms with Gasteiger partial charge in [0.1, 0.15) is 6.04 Å². The average Bonchev–Trinajstić information content (AvgIpc) is 2.42. The molecule has 1 aromatic rings. The van der Waals surface area contributed by atoms with Gasteiger partial charge in [-0.2, -0.15) is 0 Å². The van der Waals surface area contributed by atoms with Crippen LogP contribution in [-0.2, 0) is 9.59 Å². The van der Waals surface area contributed by atoms with Crippen molar-refractivity contribution in [3.8, 4) is 0 Å². The monoisotopic (exact) mass is 289 g/mol. The maximum Gasteiger partial charge on any atom is 0.326 e. The van der Waals surface area contributed by atoms with E-state index < -0.39 is 17.9 Å². The third-order valence-electron chi connectivity index (χ3n) is 3.26. The van der Waals surface area contributed by atoms with Gasteiger partial charge in [0.2, 0.25) is 5.91 Å². The molecule has 1 aromatic carbocycles. The first-order valence-corrected chi connectivity index (χ1v) is 7.12. The van der Waals surface area contributed by atoms with Gasteiger partial charge in [-0.15, -0.1) is 0 Å². The Balaban J connectivity index is 2.67. The molecule has 0 heterocycles. The van der Waals surface area contributed by atoms with Crippen LogP contribution in [0.3, 0.4) is 0 Å². The van der Waals surface area contributed by atoms with Crippen LogP contribution < -0.4 is 5.32 Å². The maximum absolute atomic E-state index is 11.7. The van der Waals surface area contributed by atoms with Crippen LogP contribution in [0.5, 0.6) is 0 Å². The predicted octanol–water partition coefficient (Wildman–Crippen LogP) is 3.05. The molecular formula is C17H23NO3.